The van der Waals surface area contributed by atoms with Crippen molar-refractivity contribution in [3.05, 3.63) is 0 Å². The summed E-state index contributed by atoms with van der Waals surface area (Å²) in [6.07, 6.45) is 0. The molecule has 1 nitrogen and oxygen atoms in total. The van der Waals surface area contributed by atoms with Crippen LogP contribution in [0.2, 0.25) is 0 Å². The molecule has 0 aromatic heterocycles. The Morgan fingerprint density at radius 3 is 1.00 bits per heavy atom. The van der Waals surface area contributed by atoms with Gasteiger partial charge in [-0.15, -0.1) is 0 Å². The fraction of sp³-hybridized carbons (Fsp3) is 0. The predicted octanol–water partition coefficient (Wildman–Crippen LogP) is -2.93. The molecule has 0 unspecified atom stereocenters. The average Bonchev–Trinajstić information content (AvgIpc) is 0. The molecule has 0 spiro atoms. The maximum absolute atomic E-state index is 0. The molecule has 0 rings (SSSR count). The Morgan fingerprint density at radius 2 is 1.00 bits per heavy atom. The monoisotopic (exact) mass is 436 g/mol. The molecule has 0 fully saturated rings. The first-order valence-electron chi connectivity index (χ1n) is 0. The third-order valence-corrected chi connectivity index (χ3v) is 0. The van der Waals surface area contributed by atoms with Gasteiger partial charge in [0, 0.05) is 25.8 Å². The average molecular weight is 435 g/mol. The minimum Gasteiger partial charge on any atom is 0 e. The summed E-state index contributed by atoms with van der Waals surface area (Å²) < 4.78 is 0. The summed E-state index contributed by atoms with van der Waals surface area (Å²) in [6.45, 7) is 0. The zero-order valence-corrected chi connectivity index (χ0v) is 10.8. The van der Waals surface area contributed by atoms with E-state index in [1.165, 1.54) is 0 Å². The second-order valence-electron chi connectivity index (χ2n) is 0. The van der Waals surface area contributed by atoms with Gasteiger partial charge in [0.05, 0.1) is 0 Å². The molecule has 0 atom stereocenters. The number of rotatable bonds is 0. The van der Waals surface area contributed by atoms with Gasteiger partial charge in [0.25, 0.3) is 0 Å². The Bertz CT molecular complexity index is 8.00. The Hall–Kier alpha value is 2.48. The minimum absolute atomic E-state index is 0. The summed E-state index contributed by atoms with van der Waals surface area (Å²) in [4.78, 5) is 0. The molecule has 0 saturated heterocycles. The van der Waals surface area contributed by atoms with Crippen molar-refractivity contribution in [2.45, 2.75) is 0 Å². The maximum atomic E-state index is 0. The van der Waals surface area contributed by atoms with Crippen LogP contribution in [0.3, 0.4) is 0 Å². The second kappa shape index (κ2) is 17.9. The van der Waals surface area contributed by atoms with Crippen LogP contribution in [0.1, 0.15) is 0 Å². The first-order valence-corrected chi connectivity index (χ1v) is 0. The van der Waals surface area contributed by atoms with Crippen molar-refractivity contribution < 1.29 is 31.3 Å². The van der Waals surface area contributed by atoms with E-state index >= 15 is 0 Å². The predicted molar refractivity (Wildman–Crippen MR) is 22.1 cm³/mol. The van der Waals surface area contributed by atoms with Crippen LogP contribution in [-0.2, 0) is 25.8 Å². The first kappa shape index (κ1) is 31.6. The van der Waals surface area contributed by atoms with Crippen molar-refractivity contribution in [3.63, 3.8) is 0 Å². The Kier molecular flexibility index (Phi) is 141. The molecule has 24 valence electrons. The zero-order chi connectivity index (χ0) is 0. The van der Waals surface area contributed by atoms with E-state index < -0.39 is 0 Å². The van der Waals surface area contributed by atoms with Crippen LogP contribution in [0, 0.1) is 0 Å². The van der Waals surface area contributed by atoms with Crippen LogP contribution < -0.4 is 0 Å². The largest absolute Gasteiger partial charge is 0.316 e. The van der Waals surface area contributed by atoms with Crippen molar-refractivity contribution >= 4 is 49.3 Å². The summed E-state index contributed by atoms with van der Waals surface area (Å²) in [5.74, 6) is 0. The molecule has 0 aromatic rings. The summed E-state index contributed by atoms with van der Waals surface area (Å²) in [5.41, 5.74) is 0. The molecule has 0 amide bonds. The fourth-order valence-electron chi connectivity index (χ4n) is 0. The van der Waals surface area contributed by atoms with Gasteiger partial charge in [-0.3, -0.25) is 0 Å². The SMILES string of the molecule is O.[BiH3].[Hf].[MgH2]. The molecule has 0 aliphatic carbocycles. The molecule has 0 aliphatic rings. The van der Waals surface area contributed by atoms with Crippen molar-refractivity contribution in [2.75, 3.05) is 0 Å². The van der Waals surface area contributed by atoms with Crippen LogP contribution >= 0.6 is 0 Å². The van der Waals surface area contributed by atoms with Gasteiger partial charge in [-0.25, -0.2) is 0 Å². The van der Waals surface area contributed by atoms with E-state index in [1.807, 2.05) is 0 Å². The smallest absolute Gasteiger partial charge is 0 e. The second-order valence-corrected chi connectivity index (χ2v) is 0. The first-order chi connectivity index (χ1) is 0. The van der Waals surface area contributed by atoms with Gasteiger partial charge in [-0.1, -0.05) is 0 Å². The third-order valence-electron chi connectivity index (χ3n) is 0. The van der Waals surface area contributed by atoms with E-state index in [2.05, 4.69) is 0 Å². The topological polar surface area (TPSA) is 31.5 Å². The Balaban J connectivity index is 0. The molecule has 0 aliphatic heterocycles. The molecule has 0 aromatic carbocycles. The number of hydrogen-bond acceptors (Lipinski definition) is 0. The zero-order valence-electron chi connectivity index (χ0n) is 1.71. The third kappa shape index (κ3) is 8.82. The molecule has 0 radical (unpaired) electrons. The maximum Gasteiger partial charge on any atom is 0.316 e. The van der Waals surface area contributed by atoms with Crippen molar-refractivity contribution in [2.24, 2.45) is 0 Å². The number of hydrogen-bond donors (Lipinski definition) is 0. The summed E-state index contributed by atoms with van der Waals surface area (Å²) in [7, 11) is 0. The normalized spacial score (nSPS) is 0. The standard InChI is InChI=1S/Bi.Hf.Mg.H2O.5H/h;;;1H2;;;;;. The van der Waals surface area contributed by atoms with Crippen LogP contribution in [0.15, 0.2) is 0 Å². The summed E-state index contributed by atoms with van der Waals surface area (Å²) in [6, 6.07) is 0. The van der Waals surface area contributed by atoms with Crippen molar-refractivity contribution in [3.8, 4) is 0 Å². The van der Waals surface area contributed by atoms with Gasteiger partial charge in [0.15, 0.2) is 0 Å². The molecule has 4 heteroatoms. The summed E-state index contributed by atoms with van der Waals surface area (Å²) >= 11 is 0. The van der Waals surface area contributed by atoms with Crippen LogP contribution in [0.25, 0.3) is 0 Å². The molecular weight excluding hydrogens is 428 g/mol. The molecule has 0 saturated carbocycles. The van der Waals surface area contributed by atoms with Crippen molar-refractivity contribution in [1.29, 1.82) is 0 Å². The van der Waals surface area contributed by atoms with E-state index in [0.29, 0.717) is 0 Å². The van der Waals surface area contributed by atoms with E-state index in [-0.39, 0.29) is 80.6 Å². The Morgan fingerprint density at radius 1 is 1.00 bits per heavy atom. The molecule has 4 heavy (non-hydrogen) atoms. The minimum atomic E-state index is 0. The van der Waals surface area contributed by atoms with Crippen LogP contribution in [0.5, 0.6) is 0 Å². The van der Waals surface area contributed by atoms with Gasteiger partial charge in [-0.2, -0.15) is 0 Å². The van der Waals surface area contributed by atoms with E-state index in [9.17, 15) is 0 Å². The fourth-order valence-corrected chi connectivity index (χ4v) is 0. The van der Waals surface area contributed by atoms with E-state index in [0.717, 1.165) is 0 Å². The van der Waals surface area contributed by atoms with Gasteiger partial charge in [0.1, 0.15) is 0 Å². The van der Waals surface area contributed by atoms with Crippen LogP contribution in [0.4, 0.5) is 0 Å². The van der Waals surface area contributed by atoms with Crippen LogP contribution in [-0.4, -0.2) is 54.7 Å². The van der Waals surface area contributed by atoms with Crippen molar-refractivity contribution in [1.82, 2.24) is 0 Å². The molecule has 2 N–H and O–H groups in total. The van der Waals surface area contributed by atoms with Gasteiger partial charge in [0.2, 0.25) is 0 Å². The molecular formula is H7BiHfMgO. The van der Waals surface area contributed by atoms with Gasteiger partial charge >= 0.3 is 49.3 Å². The van der Waals surface area contributed by atoms with Gasteiger partial charge in [-0.05, 0) is 0 Å². The van der Waals surface area contributed by atoms with E-state index in [1.54, 1.807) is 0 Å². The summed E-state index contributed by atoms with van der Waals surface area (Å²) in [5, 5.41) is 0. The van der Waals surface area contributed by atoms with Gasteiger partial charge < -0.3 is 5.48 Å². The molecule has 0 heterocycles. The Labute approximate surface area is 79.3 Å². The molecule has 0 bridgehead atoms. The quantitative estimate of drug-likeness (QED) is 0.366. The van der Waals surface area contributed by atoms with E-state index in [4.69, 9.17) is 0 Å².